The number of aliphatic hydroxyl groups is 1. The zero-order valence-electron chi connectivity index (χ0n) is 13.1. The molecular weight excluding hydrogens is 315 g/mol. The molecule has 2 heterocycles. The third-order valence-corrected chi connectivity index (χ3v) is 4.57. The molecule has 24 heavy (non-hydrogen) atoms. The Kier molecular flexibility index (Phi) is 4.64. The van der Waals surface area contributed by atoms with Crippen LogP contribution in [0, 0.1) is 11.2 Å². The third-order valence-electron chi connectivity index (χ3n) is 4.57. The highest BCUT2D eigenvalue weighted by atomic mass is 19.1. The lowest BCUT2D eigenvalue weighted by atomic mass is 9.81. The normalized spacial score (nSPS) is 16.9. The average Bonchev–Trinajstić information content (AvgIpc) is 2.60. The summed E-state index contributed by atoms with van der Waals surface area (Å²) < 4.78 is 18.5. The number of H-pyrrole nitrogens is 1. The molecule has 0 atom stereocenters. The van der Waals surface area contributed by atoms with E-state index in [-0.39, 0.29) is 18.7 Å². The summed E-state index contributed by atoms with van der Waals surface area (Å²) in [5, 5.41) is 12.9. The van der Waals surface area contributed by atoms with Gasteiger partial charge in [-0.05, 0) is 42.5 Å². The van der Waals surface area contributed by atoms with E-state index in [0.29, 0.717) is 37.0 Å². The van der Waals surface area contributed by atoms with Crippen molar-refractivity contribution in [2.75, 3.05) is 26.4 Å². The van der Waals surface area contributed by atoms with Gasteiger partial charge in [0.15, 0.2) is 0 Å². The van der Waals surface area contributed by atoms with Crippen molar-refractivity contribution in [1.82, 2.24) is 10.3 Å². The highest BCUT2D eigenvalue weighted by molar-refractivity contribution is 5.97. The minimum atomic E-state index is -0.573. The van der Waals surface area contributed by atoms with Gasteiger partial charge in [-0.1, -0.05) is 0 Å². The summed E-state index contributed by atoms with van der Waals surface area (Å²) in [5.41, 5.74) is -0.682. The van der Waals surface area contributed by atoms with Gasteiger partial charge in [-0.3, -0.25) is 9.59 Å². The first-order chi connectivity index (χ1) is 11.5. The number of hydrogen-bond donors (Lipinski definition) is 3. The van der Waals surface area contributed by atoms with E-state index in [1.54, 1.807) is 0 Å². The molecule has 1 aliphatic heterocycles. The van der Waals surface area contributed by atoms with Gasteiger partial charge in [0.1, 0.15) is 11.4 Å². The van der Waals surface area contributed by atoms with E-state index in [2.05, 4.69) is 10.3 Å². The standard InChI is InChI=1S/C17H19FN2O4/c18-12-2-1-11-7-13(16(23)20-14(11)8-12)15(22)19-9-17(10-21)3-5-24-6-4-17/h1-2,7-8,21H,3-6,9-10H2,(H,19,22)(H,20,23). The molecule has 0 radical (unpaired) electrons. The SMILES string of the molecule is O=C(NCC1(CO)CCOCC1)c1cc2ccc(F)cc2[nH]c1=O. The number of pyridine rings is 1. The molecule has 0 unspecified atom stereocenters. The molecule has 0 aliphatic carbocycles. The van der Waals surface area contributed by atoms with Crippen molar-refractivity contribution < 1.29 is 19.0 Å². The number of nitrogens with one attached hydrogen (secondary N) is 2. The summed E-state index contributed by atoms with van der Waals surface area (Å²) >= 11 is 0. The number of hydrogen-bond acceptors (Lipinski definition) is 4. The zero-order chi connectivity index (χ0) is 17.2. The predicted octanol–water partition coefficient (Wildman–Crippen LogP) is 1.19. The molecule has 1 aromatic heterocycles. The Hall–Kier alpha value is -2.25. The van der Waals surface area contributed by atoms with Crippen LogP contribution in [0.25, 0.3) is 10.9 Å². The van der Waals surface area contributed by atoms with Crippen LogP contribution in [0.1, 0.15) is 23.2 Å². The number of aliphatic hydroxyl groups excluding tert-OH is 1. The second-order valence-electron chi connectivity index (χ2n) is 6.20. The van der Waals surface area contributed by atoms with Crippen LogP contribution in [0.15, 0.2) is 29.1 Å². The molecule has 6 nitrogen and oxygen atoms in total. The Balaban J connectivity index is 1.79. The molecule has 0 bridgehead atoms. The first kappa shape index (κ1) is 16.6. The maximum Gasteiger partial charge on any atom is 0.261 e. The first-order valence-electron chi connectivity index (χ1n) is 7.82. The number of halogens is 1. The Morgan fingerprint density at radius 1 is 1.33 bits per heavy atom. The van der Waals surface area contributed by atoms with Crippen molar-refractivity contribution in [1.29, 1.82) is 0 Å². The Labute approximate surface area is 137 Å². The third kappa shape index (κ3) is 3.32. The van der Waals surface area contributed by atoms with Gasteiger partial charge in [-0.15, -0.1) is 0 Å². The van der Waals surface area contributed by atoms with Gasteiger partial charge in [0.2, 0.25) is 0 Å². The predicted molar refractivity (Wildman–Crippen MR) is 86.4 cm³/mol. The molecule has 1 amide bonds. The minimum absolute atomic E-state index is 0.0331. The van der Waals surface area contributed by atoms with Gasteiger partial charge < -0.3 is 20.1 Å². The van der Waals surface area contributed by atoms with Gasteiger partial charge >= 0.3 is 0 Å². The highest BCUT2D eigenvalue weighted by Crippen LogP contribution is 2.29. The number of fused-ring (bicyclic) bond motifs is 1. The van der Waals surface area contributed by atoms with E-state index in [1.807, 2.05) is 0 Å². The largest absolute Gasteiger partial charge is 0.396 e. The molecule has 0 saturated carbocycles. The molecule has 3 rings (SSSR count). The van der Waals surface area contributed by atoms with E-state index in [9.17, 15) is 19.1 Å². The molecule has 2 aromatic rings. The van der Waals surface area contributed by atoms with Crippen molar-refractivity contribution in [2.24, 2.45) is 5.41 Å². The fourth-order valence-electron chi connectivity index (χ4n) is 2.90. The van der Waals surface area contributed by atoms with Crippen molar-refractivity contribution in [2.45, 2.75) is 12.8 Å². The molecule has 3 N–H and O–H groups in total. The summed E-state index contributed by atoms with van der Waals surface area (Å²) in [6, 6.07) is 5.43. The summed E-state index contributed by atoms with van der Waals surface area (Å²) in [5.74, 6) is -0.971. The number of ether oxygens (including phenoxy) is 1. The van der Waals surface area contributed by atoms with Crippen LogP contribution in [-0.4, -0.2) is 42.4 Å². The number of carbonyl (C=O) groups is 1. The summed E-state index contributed by atoms with van der Waals surface area (Å²) in [6.07, 6.45) is 1.30. The number of amides is 1. The molecule has 1 fully saturated rings. The minimum Gasteiger partial charge on any atom is -0.396 e. The topological polar surface area (TPSA) is 91.4 Å². The fraction of sp³-hybridized carbons (Fsp3) is 0.412. The smallest absolute Gasteiger partial charge is 0.261 e. The Morgan fingerprint density at radius 3 is 2.79 bits per heavy atom. The summed E-state index contributed by atoms with van der Waals surface area (Å²) in [4.78, 5) is 27.0. The van der Waals surface area contributed by atoms with Gasteiger partial charge in [-0.2, -0.15) is 0 Å². The van der Waals surface area contributed by atoms with Crippen LogP contribution in [-0.2, 0) is 4.74 Å². The fourth-order valence-corrected chi connectivity index (χ4v) is 2.90. The highest BCUT2D eigenvalue weighted by Gasteiger charge is 2.32. The van der Waals surface area contributed by atoms with Crippen LogP contribution < -0.4 is 10.9 Å². The van der Waals surface area contributed by atoms with Crippen LogP contribution in [0.4, 0.5) is 4.39 Å². The Bertz CT molecular complexity index is 812. The van der Waals surface area contributed by atoms with E-state index >= 15 is 0 Å². The number of benzene rings is 1. The van der Waals surface area contributed by atoms with E-state index in [1.165, 1.54) is 24.3 Å². The van der Waals surface area contributed by atoms with E-state index in [4.69, 9.17) is 4.74 Å². The summed E-state index contributed by atoms with van der Waals surface area (Å²) in [7, 11) is 0. The lowest BCUT2D eigenvalue weighted by molar-refractivity contribution is -0.0146. The second-order valence-corrected chi connectivity index (χ2v) is 6.20. The van der Waals surface area contributed by atoms with Gasteiger partial charge in [-0.25, -0.2) is 4.39 Å². The molecule has 1 saturated heterocycles. The number of carbonyl (C=O) groups excluding carboxylic acids is 1. The van der Waals surface area contributed by atoms with Crippen LogP contribution in [0.3, 0.4) is 0 Å². The zero-order valence-corrected chi connectivity index (χ0v) is 13.1. The van der Waals surface area contributed by atoms with Crippen LogP contribution >= 0.6 is 0 Å². The van der Waals surface area contributed by atoms with Crippen molar-refractivity contribution in [3.63, 3.8) is 0 Å². The van der Waals surface area contributed by atoms with E-state index in [0.717, 1.165) is 0 Å². The lowest BCUT2D eigenvalue weighted by Gasteiger charge is -2.35. The quantitative estimate of drug-likeness (QED) is 0.783. The van der Waals surface area contributed by atoms with Crippen LogP contribution in [0.2, 0.25) is 0 Å². The molecule has 0 spiro atoms. The number of aromatic amines is 1. The molecule has 1 aromatic carbocycles. The van der Waals surface area contributed by atoms with Crippen molar-refractivity contribution in [3.05, 3.63) is 46.0 Å². The maximum atomic E-state index is 13.2. The van der Waals surface area contributed by atoms with Gasteiger partial charge in [0, 0.05) is 25.2 Å². The molecule has 1 aliphatic rings. The molecule has 7 heteroatoms. The van der Waals surface area contributed by atoms with E-state index < -0.39 is 22.7 Å². The van der Waals surface area contributed by atoms with Gasteiger partial charge in [0.05, 0.1) is 12.1 Å². The first-order valence-corrected chi connectivity index (χ1v) is 7.82. The Morgan fingerprint density at radius 2 is 2.08 bits per heavy atom. The number of rotatable bonds is 4. The average molecular weight is 334 g/mol. The number of aromatic nitrogens is 1. The molecular formula is C17H19FN2O4. The monoisotopic (exact) mass is 334 g/mol. The van der Waals surface area contributed by atoms with Crippen LogP contribution in [0.5, 0.6) is 0 Å². The second kappa shape index (κ2) is 6.70. The molecule has 128 valence electrons. The van der Waals surface area contributed by atoms with Crippen molar-refractivity contribution in [3.8, 4) is 0 Å². The lowest BCUT2D eigenvalue weighted by Crippen LogP contribution is -2.44. The van der Waals surface area contributed by atoms with Crippen molar-refractivity contribution >= 4 is 16.8 Å². The maximum absolute atomic E-state index is 13.2. The summed E-state index contributed by atoms with van der Waals surface area (Å²) in [6.45, 7) is 1.30. The van der Waals surface area contributed by atoms with Gasteiger partial charge in [0.25, 0.3) is 11.5 Å².